The maximum Gasteiger partial charge on any atom is 0.243 e. The molecule has 7 nitrogen and oxygen atoms in total. The van der Waals surface area contributed by atoms with Crippen LogP contribution in [0.25, 0.3) is 0 Å². The molecule has 32 heavy (non-hydrogen) atoms. The number of ketones is 1. The van der Waals surface area contributed by atoms with Crippen LogP contribution in [0.1, 0.15) is 35.3 Å². The van der Waals surface area contributed by atoms with Gasteiger partial charge in [-0.2, -0.15) is 4.31 Å². The molecule has 0 atom stereocenters. The molecular formula is C22H26N4O3S3. The number of carbonyl (C=O) groups excluding carboxylic acids is 1. The van der Waals surface area contributed by atoms with E-state index in [4.69, 9.17) is 0 Å². The van der Waals surface area contributed by atoms with Gasteiger partial charge in [-0.15, -0.1) is 10.2 Å². The zero-order chi connectivity index (χ0) is 23.1. The van der Waals surface area contributed by atoms with E-state index in [-0.39, 0.29) is 17.2 Å². The quantitative estimate of drug-likeness (QED) is 0.313. The van der Waals surface area contributed by atoms with E-state index in [1.807, 2.05) is 12.1 Å². The summed E-state index contributed by atoms with van der Waals surface area (Å²) < 4.78 is 27.3. The first-order valence-electron chi connectivity index (χ1n) is 10.2. The number of Topliss-reactive ketones (excluding diaryl/α,β-unsaturated/α-hetero) is 1. The van der Waals surface area contributed by atoms with Crippen LogP contribution in [0.15, 0.2) is 57.8 Å². The number of anilines is 1. The van der Waals surface area contributed by atoms with Crippen LogP contribution in [-0.2, 0) is 15.8 Å². The molecule has 3 rings (SSSR count). The molecule has 2 aromatic carbocycles. The summed E-state index contributed by atoms with van der Waals surface area (Å²) in [6, 6.07) is 14.3. The molecule has 0 spiro atoms. The van der Waals surface area contributed by atoms with Crippen molar-refractivity contribution in [2.24, 2.45) is 0 Å². The molecule has 0 aliphatic heterocycles. The maximum absolute atomic E-state index is 12.6. The molecule has 0 aliphatic carbocycles. The predicted octanol–water partition coefficient (Wildman–Crippen LogP) is 4.46. The molecule has 1 N–H and O–H groups in total. The Morgan fingerprint density at radius 2 is 1.75 bits per heavy atom. The Morgan fingerprint density at radius 1 is 1.06 bits per heavy atom. The van der Waals surface area contributed by atoms with Crippen molar-refractivity contribution in [1.29, 1.82) is 0 Å². The second kappa shape index (κ2) is 11.0. The second-order valence-electron chi connectivity index (χ2n) is 6.98. The lowest BCUT2D eigenvalue weighted by atomic mass is 10.1. The number of benzene rings is 2. The van der Waals surface area contributed by atoms with Crippen molar-refractivity contribution >= 4 is 44.0 Å². The number of nitrogens with zero attached hydrogens (tertiary/aromatic N) is 3. The van der Waals surface area contributed by atoms with E-state index in [0.29, 0.717) is 23.8 Å². The molecule has 0 amide bonds. The van der Waals surface area contributed by atoms with Crippen molar-refractivity contribution in [2.75, 3.05) is 25.0 Å². The number of sulfonamides is 1. The van der Waals surface area contributed by atoms with Crippen molar-refractivity contribution in [3.63, 3.8) is 0 Å². The molecule has 170 valence electrons. The van der Waals surface area contributed by atoms with Gasteiger partial charge >= 0.3 is 0 Å². The van der Waals surface area contributed by atoms with E-state index in [2.05, 4.69) is 34.6 Å². The highest BCUT2D eigenvalue weighted by atomic mass is 32.2. The minimum Gasteiger partial charge on any atom is -0.353 e. The molecule has 1 aromatic heterocycles. The highest BCUT2D eigenvalue weighted by Crippen LogP contribution is 2.29. The van der Waals surface area contributed by atoms with Crippen LogP contribution < -0.4 is 5.32 Å². The van der Waals surface area contributed by atoms with Gasteiger partial charge in [0.1, 0.15) is 0 Å². The average molecular weight is 491 g/mol. The van der Waals surface area contributed by atoms with Crippen LogP contribution in [0.3, 0.4) is 0 Å². The van der Waals surface area contributed by atoms with Crippen molar-refractivity contribution < 1.29 is 13.2 Å². The Kier molecular flexibility index (Phi) is 8.41. The zero-order valence-corrected chi connectivity index (χ0v) is 20.7. The molecule has 1 heterocycles. The standard InChI is InChI=1S/C22H26N4O3S3/c1-4-26(5-2)32(28,29)19-12-10-17(11-13-19)20(27)14-23-21-24-25-22(31-21)30-15-18-9-7-6-8-16(18)3/h6-13H,4-5,14-15H2,1-3H3,(H,23,24). The van der Waals surface area contributed by atoms with Crippen LogP contribution >= 0.6 is 23.1 Å². The van der Waals surface area contributed by atoms with Gasteiger partial charge in [-0.3, -0.25) is 4.79 Å². The predicted molar refractivity (Wildman–Crippen MR) is 130 cm³/mol. The van der Waals surface area contributed by atoms with Crippen LogP contribution in [0.4, 0.5) is 5.13 Å². The number of rotatable bonds is 11. The number of aryl methyl sites for hydroxylation is 1. The van der Waals surface area contributed by atoms with E-state index in [0.717, 1.165) is 10.1 Å². The van der Waals surface area contributed by atoms with Crippen molar-refractivity contribution in [2.45, 2.75) is 35.8 Å². The molecular weight excluding hydrogens is 464 g/mol. The molecule has 0 aliphatic rings. The summed E-state index contributed by atoms with van der Waals surface area (Å²) in [7, 11) is -3.54. The van der Waals surface area contributed by atoms with E-state index in [1.54, 1.807) is 37.7 Å². The Morgan fingerprint density at radius 3 is 2.41 bits per heavy atom. The van der Waals surface area contributed by atoms with E-state index in [1.165, 1.54) is 38.9 Å². The van der Waals surface area contributed by atoms with Gasteiger partial charge in [0.2, 0.25) is 15.2 Å². The number of hydrogen-bond acceptors (Lipinski definition) is 8. The van der Waals surface area contributed by atoms with Crippen molar-refractivity contribution in [1.82, 2.24) is 14.5 Å². The lowest BCUT2D eigenvalue weighted by Gasteiger charge is -2.18. The number of hydrogen-bond donors (Lipinski definition) is 1. The fourth-order valence-electron chi connectivity index (χ4n) is 3.03. The molecule has 0 saturated heterocycles. The zero-order valence-electron chi connectivity index (χ0n) is 18.2. The number of aromatic nitrogens is 2. The Balaban J connectivity index is 1.55. The monoisotopic (exact) mass is 490 g/mol. The molecule has 0 fully saturated rings. The molecule has 0 saturated carbocycles. The molecule has 10 heteroatoms. The van der Waals surface area contributed by atoms with E-state index < -0.39 is 10.0 Å². The SMILES string of the molecule is CCN(CC)S(=O)(=O)c1ccc(C(=O)CNc2nnc(SCc3ccccc3C)s2)cc1. The van der Waals surface area contributed by atoms with E-state index >= 15 is 0 Å². The third kappa shape index (κ3) is 5.94. The van der Waals surface area contributed by atoms with Gasteiger partial charge in [0.25, 0.3) is 0 Å². The molecule has 3 aromatic rings. The third-order valence-corrected chi connectivity index (χ3v) is 9.07. The Hall–Kier alpha value is -2.27. The largest absolute Gasteiger partial charge is 0.353 e. The summed E-state index contributed by atoms with van der Waals surface area (Å²) in [4.78, 5) is 12.7. The lowest BCUT2D eigenvalue weighted by Crippen LogP contribution is -2.30. The topological polar surface area (TPSA) is 92.3 Å². The summed E-state index contributed by atoms with van der Waals surface area (Å²) in [6.07, 6.45) is 0. The Bertz CT molecular complexity index is 1160. The fourth-order valence-corrected chi connectivity index (χ4v) is 6.32. The minimum atomic E-state index is -3.54. The summed E-state index contributed by atoms with van der Waals surface area (Å²) in [5, 5.41) is 11.9. The summed E-state index contributed by atoms with van der Waals surface area (Å²) in [5.41, 5.74) is 2.93. The van der Waals surface area contributed by atoms with Crippen LogP contribution in [-0.4, -0.2) is 48.3 Å². The van der Waals surface area contributed by atoms with Crippen molar-refractivity contribution in [3.8, 4) is 0 Å². The highest BCUT2D eigenvalue weighted by molar-refractivity contribution is 8.00. The molecule has 0 bridgehead atoms. The van der Waals surface area contributed by atoms with Gasteiger partial charge in [0.05, 0.1) is 11.4 Å². The van der Waals surface area contributed by atoms with Crippen LogP contribution in [0.5, 0.6) is 0 Å². The Labute approximate surface area is 197 Å². The third-order valence-electron chi connectivity index (χ3n) is 4.94. The first-order chi connectivity index (χ1) is 15.3. The molecule has 0 radical (unpaired) electrons. The lowest BCUT2D eigenvalue weighted by molar-refractivity contribution is 0.101. The van der Waals surface area contributed by atoms with E-state index in [9.17, 15) is 13.2 Å². The van der Waals surface area contributed by atoms with Crippen LogP contribution in [0.2, 0.25) is 0 Å². The summed E-state index contributed by atoms with van der Waals surface area (Å²) in [5.74, 6) is 0.657. The molecule has 0 unspecified atom stereocenters. The smallest absolute Gasteiger partial charge is 0.243 e. The number of nitrogens with one attached hydrogen (secondary N) is 1. The van der Waals surface area contributed by atoms with Gasteiger partial charge in [-0.1, -0.05) is 61.2 Å². The van der Waals surface area contributed by atoms with Crippen molar-refractivity contribution in [3.05, 3.63) is 65.2 Å². The van der Waals surface area contributed by atoms with Gasteiger partial charge in [0.15, 0.2) is 10.1 Å². The van der Waals surface area contributed by atoms with Gasteiger partial charge < -0.3 is 5.32 Å². The fraction of sp³-hybridized carbons (Fsp3) is 0.318. The first-order valence-corrected chi connectivity index (χ1v) is 13.5. The second-order valence-corrected chi connectivity index (χ2v) is 11.1. The van der Waals surface area contributed by atoms with Gasteiger partial charge in [-0.25, -0.2) is 8.42 Å². The normalized spacial score (nSPS) is 11.6. The maximum atomic E-state index is 12.6. The average Bonchev–Trinajstić information content (AvgIpc) is 3.25. The number of carbonyl (C=O) groups is 1. The minimum absolute atomic E-state index is 0.0548. The highest BCUT2D eigenvalue weighted by Gasteiger charge is 2.21. The van der Waals surface area contributed by atoms with Gasteiger partial charge in [-0.05, 0) is 42.3 Å². The first kappa shape index (κ1) is 24.4. The number of thioether (sulfide) groups is 1. The summed E-state index contributed by atoms with van der Waals surface area (Å²) in [6.45, 7) is 6.53. The van der Waals surface area contributed by atoms with Crippen LogP contribution in [0, 0.1) is 6.92 Å². The van der Waals surface area contributed by atoms with Gasteiger partial charge in [0, 0.05) is 24.4 Å². The summed E-state index contributed by atoms with van der Waals surface area (Å²) >= 11 is 3.01.